The third kappa shape index (κ3) is 4.84. The second-order valence-corrected chi connectivity index (χ2v) is 5.41. The minimum atomic E-state index is -0.264. The Morgan fingerprint density at radius 2 is 1.76 bits per heavy atom. The molecular weight excluding hydrogens is 319 g/mol. The van der Waals surface area contributed by atoms with Crippen LogP contribution in [0.15, 0.2) is 67.0 Å². The Morgan fingerprint density at radius 1 is 1.00 bits per heavy atom. The highest BCUT2D eigenvalue weighted by molar-refractivity contribution is 5.95. The Bertz CT molecular complexity index is 838. The number of halogens is 1. The lowest BCUT2D eigenvalue weighted by Gasteiger charge is -2.08. The molecule has 1 heterocycles. The van der Waals surface area contributed by atoms with Crippen LogP contribution in [0.3, 0.4) is 0 Å². The zero-order chi connectivity index (χ0) is 17.5. The first-order valence-corrected chi connectivity index (χ1v) is 7.87. The quantitative estimate of drug-likeness (QED) is 0.724. The Hall–Kier alpha value is -3.28. The molecule has 0 bridgehead atoms. The molecule has 0 aliphatic heterocycles. The molecule has 0 spiro atoms. The van der Waals surface area contributed by atoms with Crippen molar-refractivity contribution in [2.45, 2.75) is 6.42 Å². The van der Waals surface area contributed by atoms with Gasteiger partial charge < -0.3 is 10.6 Å². The van der Waals surface area contributed by atoms with E-state index in [1.54, 1.807) is 48.8 Å². The molecule has 2 aromatic carbocycles. The molecule has 0 aliphatic carbocycles. The zero-order valence-electron chi connectivity index (χ0n) is 13.4. The van der Waals surface area contributed by atoms with Crippen molar-refractivity contribution in [3.63, 3.8) is 0 Å². The Kier molecular flexibility index (Phi) is 5.31. The summed E-state index contributed by atoms with van der Waals surface area (Å²) in [5, 5.41) is 5.91. The molecule has 0 atom stereocenters. The third-order valence-electron chi connectivity index (χ3n) is 3.56. The van der Waals surface area contributed by atoms with Crippen LogP contribution in [0, 0.1) is 5.82 Å². The maximum absolute atomic E-state index is 12.9. The van der Waals surface area contributed by atoms with Crippen LogP contribution in [0.2, 0.25) is 0 Å². The summed E-state index contributed by atoms with van der Waals surface area (Å²) < 4.78 is 12.9. The Balaban J connectivity index is 1.56. The molecule has 6 heteroatoms. The summed E-state index contributed by atoms with van der Waals surface area (Å²) in [4.78, 5) is 20.4. The molecule has 0 fully saturated rings. The van der Waals surface area contributed by atoms with Crippen LogP contribution in [0.5, 0.6) is 0 Å². The van der Waals surface area contributed by atoms with Crippen LogP contribution in [0.1, 0.15) is 15.9 Å². The fourth-order valence-electron chi connectivity index (χ4n) is 2.30. The molecule has 3 aromatic rings. The lowest BCUT2D eigenvalue weighted by atomic mass is 10.1. The van der Waals surface area contributed by atoms with Crippen LogP contribution in [-0.4, -0.2) is 22.4 Å². The molecule has 0 saturated carbocycles. The number of amides is 1. The van der Waals surface area contributed by atoms with Crippen molar-refractivity contribution in [1.82, 2.24) is 15.3 Å². The predicted octanol–water partition coefficient (Wildman–Crippen LogP) is 3.33. The molecule has 0 aliphatic rings. The van der Waals surface area contributed by atoms with Gasteiger partial charge >= 0.3 is 0 Å². The first-order valence-electron chi connectivity index (χ1n) is 7.87. The van der Waals surface area contributed by atoms with Gasteiger partial charge in [0.1, 0.15) is 5.82 Å². The second kappa shape index (κ2) is 8.01. The second-order valence-electron chi connectivity index (χ2n) is 5.41. The number of aromatic nitrogens is 2. The van der Waals surface area contributed by atoms with Gasteiger partial charge in [-0.05, 0) is 48.4 Å². The summed E-state index contributed by atoms with van der Waals surface area (Å²) in [6, 6.07) is 15.1. The largest absolute Gasteiger partial charge is 0.352 e. The van der Waals surface area contributed by atoms with Gasteiger partial charge in [0.2, 0.25) is 5.95 Å². The highest BCUT2D eigenvalue weighted by atomic mass is 19.1. The molecule has 3 rings (SSSR count). The number of nitrogens with one attached hydrogen (secondary N) is 2. The highest BCUT2D eigenvalue weighted by Crippen LogP contribution is 2.14. The van der Waals surface area contributed by atoms with Crippen LogP contribution >= 0.6 is 0 Å². The molecule has 1 aromatic heterocycles. The number of nitrogens with zero attached hydrogens (tertiary/aromatic N) is 2. The zero-order valence-corrected chi connectivity index (χ0v) is 13.4. The van der Waals surface area contributed by atoms with E-state index in [2.05, 4.69) is 20.6 Å². The summed E-state index contributed by atoms with van der Waals surface area (Å²) in [7, 11) is 0. The van der Waals surface area contributed by atoms with Crippen molar-refractivity contribution in [3.05, 3.63) is 83.9 Å². The predicted molar refractivity (Wildman–Crippen MR) is 94.2 cm³/mol. The summed E-state index contributed by atoms with van der Waals surface area (Å²) >= 11 is 0. The molecule has 2 N–H and O–H groups in total. The Labute approximate surface area is 145 Å². The fourth-order valence-corrected chi connectivity index (χ4v) is 2.30. The van der Waals surface area contributed by atoms with Crippen LogP contribution < -0.4 is 10.6 Å². The molecule has 25 heavy (non-hydrogen) atoms. The number of carbonyl (C=O) groups is 1. The minimum absolute atomic E-state index is 0.167. The SMILES string of the molecule is O=C(NCCc1ccc(F)cc1)c1cccc(Nc2ncccn2)c1. The van der Waals surface area contributed by atoms with Gasteiger partial charge in [-0.3, -0.25) is 4.79 Å². The molecule has 1 amide bonds. The fraction of sp³-hybridized carbons (Fsp3) is 0.105. The number of anilines is 2. The first kappa shape index (κ1) is 16.6. The molecule has 5 nitrogen and oxygen atoms in total. The van der Waals surface area contributed by atoms with E-state index < -0.39 is 0 Å². The normalized spacial score (nSPS) is 10.3. The smallest absolute Gasteiger partial charge is 0.251 e. The average Bonchev–Trinajstić information content (AvgIpc) is 2.64. The van der Waals surface area contributed by atoms with Crippen LogP contribution in [0.25, 0.3) is 0 Å². The van der Waals surface area contributed by atoms with Gasteiger partial charge in [-0.15, -0.1) is 0 Å². The molecule has 0 unspecified atom stereocenters. The number of rotatable bonds is 6. The van der Waals surface area contributed by atoms with E-state index in [0.717, 1.165) is 11.3 Å². The number of benzene rings is 2. The number of hydrogen-bond donors (Lipinski definition) is 2. The van der Waals surface area contributed by atoms with E-state index >= 15 is 0 Å². The summed E-state index contributed by atoms with van der Waals surface area (Å²) in [6.07, 6.45) is 3.92. The van der Waals surface area contributed by atoms with E-state index in [1.807, 2.05) is 6.07 Å². The molecule has 0 saturated heterocycles. The maximum atomic E-state index is 12.9. The summed E-state index contributed by atoms with van der Waals surface area (Å²) in [6.45, 7) is 0.476. The van der Waals surface area contributed by atoms with Gasteiger partial charge in [-0.2, -0.15) is 0 Å². The van der Waals surface area contributed by atoms with Gasteiger partial charge in [0.05, 0.1) is 0 Å². The van der Waals surface area contributed by atoms with Crippen molar-refractivity contribution < 1.29 is 9.18 Å². The first-order chi connectivity index (χ1) is 12.2. The van der Waals surface area contributed by atoms with Gasteiger partial charge in [-0.1, -0.05) is 18.2 Å². The number of carbonyl (C=O) groups excluding carboxylic acids is 1. The van der Waals surface area contributed by atoms with Gasteiger partial charge in [0, 0.05) is 30.2 Å². The van der Waals surface area contributed by atoms with E-state index in [0.29, 0.717) is 24.5 Å². The molecular formula is C19H17FN4O. The van der Waals surface area contributed by atoms with E-state index in [-0.39, 0.29) is 11.7 Å². The van der Waals surface area contributed by atoms with Gasteiger partial charge in [0.15, 0.2) is 0 Å². The molecule has 126 valence electrons. The molecule has 0 radical (unpaired) electrons. The van der Waals surface area contributed by atoms with E-state index in [1.165, 1.54) is 12.1 Å². The van der Waals surface area contributed by atoms with Crippen LogP contribution in [0.4, 0.5) is 16.0 Å². The van der Waals surface area contributed by atoms with Crippen molar-refractivity contribution in [3.8, 4) is 0 Å². The standard InChI is InChI=1S/C19H17FN4O/c20-16-7-5-14(6-8-16)9-12-21-18(25)15-3-1-4-17(13-15)24-19-22-10-2-11-23-19/h1-8,10-11,13H,9,12H2,(H,21,25)(H,22,23,24). The van der Waals surface area contributed by atoms with Gasteiger partial charge in [-0.25, -0.2) is 14.4 Å². The monoisotopic (exact) mass is 336 g/mol. The van der Waals surface area contributed by atoms with Crippen molar-refractivity contribution in [2.75, 3.05) is 11.9 Å². The summed E-state index contributed by atoms with van der Waals surface area (Å²) in [5.74, 6) is 0.0376. The number of hydrogen-bond acceptors (Lipinski definition) is 4. The van der Waals surface area contributed by atoms with E-state index in [4.69, 9.17) is 0 Å². The lowest BCUT2D eigenvalue weighted by molar-refractivity contribution is 0.0954. The third-order valence-corrected chi connectivity index (χ3v) is 3.56. The van der Waals surface area contributed by atoms with Crippen LogP contribution in [-0.2, 0) is 6.42 Å². The lowest BCUT2D eigenvalue weighted by Crippen LogP contribution is -2.25. The van der Waals surface area contributed by atoms with Crippen molar-refractivity contribution in [1.29, 1.82) is 0 Å². The summed E-state index contributed by atoms with van der Waals surface area (Å²) in [5.41, 5.74) is 2.25. The van der Waals surface area contributed by atoms with Crippen molar-refractivity contribution in [2.24, 2.45) is 0 Å². The average molecular weight is 336 g/mol. The topological polar surface area (TPSA) is 66.9 Å². The maximum Gasteiger partial charge on any atom is 0.251 e. The van der Waals surface area contributed by atoms with E-state index in [9.17, 15) is 9.18 Å². The minimum Gasteiger partial charge on any atom is -0.352 e. The Morgan fingerprint density at radius 3 is 2.52 bits per heavy atom. The van der Waals surface area contributed by atoms with Gasteiger partial charge in [0.25, 0.3) is 5.91 Å². The van der Waals surface area contributed by atoms with Crippen molar-refractivity contribution >= 4 is 17.5 Å². The highest BCUT2D eigenvalue weighted by Gasteiger charge is 2.06.